The van der Waals surface area contributed by atoms with Crippen molar-refractivity contribution in [2.45, 2.75) is 52.0 Å². The second-order valence-electron chi connectivity index (χ2n) is 5.52. The van der Waals surface area contributed by atoms with E-state index in [4.69, 9.17) is 0 Å². The number of hydrogen-bond acceptors (Lipinski definition) is 4. The Labute approximate surface area is 118 Å². The number of aromatic nitrogens is 2. The first-order valence-corrected chi connectivity index (χ1v) is 8.13. The van der Waals surface area contributed by atoms with Gasteiger partial charge in [0.15, 0.2) is 0 Å². The van der Waals surface area contributed by atoms with Gasteiger partial charge in [0.1, 0.15) is 12.1 Å². The molecule has 0 radical (unpaired) electrons. The smallest absolute Gasteiger partial charge is 0.147 e. The molecule has 2 aromatic rings. The number of nitrogens with zero attached hydrogens (tertiary/aromatic N) is 2. The predicted molar refractivity (Wildman–Crippen MR) is 81.8 cm³/mol. The average molecular weight is 275 g/mol. The molecule has 102 valence electrons. The molecule has 4 heteroatoms. The van der Waals surface area contributed by atoms with Crippen LogP contribution in [0.3, 0.4) is 0 Å². The van der Waals surface area contributed by atoms with Gasteiger partial charge in [0.2, 0.25) is 0 Å². The third kappa shape index (κ3) is 2.46. The molecule has 3 nitrogen and oxygen atoms in total. The van der Waals surface area contributed by atoms with Gasteiger partial charge in [-0.25, -0.2) is 9.97 Å². The molecule has 0 spiro atoms. The van der Waals surface area contributed by atoms with Crippen molar-refractivity contribution in [1.29, 1.82) is 0 Å². The van der Waals surface area contributed by atoms with Gasteiger partial charge in [-0.2, -0.15) is 0 Å². The molecule has 1 N–H and O–H groups in total. The van der Waals surface area contributed by atoms with Crippen LogP contribution >= 0.6 is 11.3 Å². The van der Waals surface area contributed by atoms with E-state index in [1.54, 1.807) is 17.7 Å². The van der Waals surface area contributed by atoms with Crippen molar-refractivity contribution in [2.75, 3.05) is 5.32 Å². The van der Waals surface area contributed by atoms with Gasteiger partial charge in [-0.05, 0) is 36.6 Å². The van der Waals surface area contributed by atoms with Crippen LogP contribution in [-0.2, 0) is 0 Å². The van der Waals surface area contributed by atoms with E-state index in [0.29, 0.717) is 6.04 Å². The van der Waals surface area contributed by atoms with Gasteiger partial charge < -0.3 is 5.32 Å². The number of nitrogens with one attached hydrogen (secondary N) is 1. The summed E-state index contributed by atoms with van der Waals surface area (Å²) in [6.07, 6.45) is 8.30. The van der Waals surface area contributed by atoms with Crippen molar-refractivity contribution < 1.29 is 0 Å². The molecular formula is C15H21N3S. The Kier molecular flexibility index (Phi) is 3.69. The van der Waals surface area contributed by atoms with E-state index in [1.165, 1.54) is 42.4 Å². The molecule has 0 bridgehead atoms. The fourth-order valence-electron chi connectivity index (χ4n) is 3.13. The average Bonchev–Trinajstić information content (AvgIpc) is 2.82. The van der Waals surface area contributed by atoms with Crippen molar-refractivity contribution in [3.05, 3.63) is 17.3 Å². The minimum Gasteiger partial charge on any atom is -0.366 e. The van der Waals surface area contributed by atoms with Crippen molar-refractivity contribution >= 4 is 27.4 Å². The maximum Gasteiger partial charge on any atom is 0.147 e. The zero-order chi connectivity index (χ0) is 13.2. The fourth-order valence-corrected chi connectivity index (χ4v) is 4.09. The van der Waals surface area contributed by atoms with Crippen LogP contribution in [0.4, 0.5) is 5.82 Å². The Morgan fingerprint density at radius 2 is 2.16 bits per heavy atom. The van der Waals surface area contributed by atoms with Gasteiger partial charge in [-0.3, -0.25) is 0 Å². The molecule has 3 rings (SSSR count). The van der Waals surface area contributed by atoms with Gasteiger partial charge in [-0.15, -0.1) is 11.3 Å². The molecule has 2 aromatic heterocycles. The van der Waals surface area contributed by atoms with Gasteiger partial charge in [0.05, 0.1) is 10.2 Å². The lowest BCUT2D eigenvalue weighted by Crippen LogP contribution is -2.32. The summed E-state index contributed by atoms with van der Waals surface area (Å²) in [7, 11) is 0. The summed E-state index contributed by atoms with van der Waals surface area (Å²) in [5, 5.41) is 5.87. The molecule has 2 unspecified atom stereocenters. The second kappa shape index (κ2) is 5.45. The Hall–Kier alpha value is -1.16. The Bertz CT molecular complexity index is 564. The SMILES string of the molecule is CCC1CCCCC1Nc1ncnc2c(C)csc12. The molecule has 0 saturated heterocycles. The first kappa shape index (κ1) is 12.9. The molecule has 1 fully saturated rings. The fraction of sp³-hybridized carbons (Fsp3) is 0.600. The molecule has 1 aliphatic rings. The standard InChI is InChI=1S/C15H21N3S/c1-3-11-6-4-5-7-12(11)18-15-14-13(16-9-17-15)10(2)8-19-14/h8-9,11-12H,3-7H2,1-2H3,(H,16,17,18). The molecule has 1 aliphatic carbocycles. The van der Waals surface area contributed by atoms with Crippen LogP contribution in [0.25, 0.3) is 10.2 Å². The summed E-state index contributed by atoms with van der Waals surface area (Å²) in [6, 6.07) is 0.583. The molecule has 2 atom stereocenters. The highest BCUT2D eigenvalue weighted by Gasteiger charge is 2.24. The monoisotopic (exact) mass is 275 g/mol. The van der Waals surface area contributed by atoms with Crippen LogP contribution in [-0.4, -0.2) is 16.0 Å². The number of hydrogen-bond donors (Lipinski definition) is 1. The largest absolute Gasteiger partial charge is 0.366 e. The lowest BCUT2D eigenvalue weighted by molar-refractivity contribution is 0.317. The number of rotatable bonds is 3. The molecule has 2 heterocycles. The summed E-state index contributed by atoms with van der Waals surface area (Å²) in [5.74, 6) is 1.83. The number of aryl methyl sites for hydroxylation is 1. The van der Waals surface area contributed by atoms with E-state index in [2.05, 4.69) is 34.5 Å². The maximum atomic E-state index is 4.47. The summed E-state index contributed by atoms with van der Waals surface area (Å²) in [4.78, 5) is 8.86. The highest BCUT2D eigenvalue weighted by molar-refractivity contribution is 7.18. The predicted octanol–water partition coefficient (Wildman–Crippen LogP) is 4.38. The van der Waals surface area contributed by atoms with Crippen LogP contribution in [0.1, 0.15) is 44.6 Å². The van der Waals surface area contributed by atoms with Crippen molar-refractivity contribution in [3.8, 4) is 0 Å². The minimum absolute atomic E-state index is 0.583. The van der Waals surface area contributed by atoms with E-state index in [-0.39, 0.29) is 0 Å². The van der Waals surface area contributed by atoms with E-state index < -0.39 is 0 Å². The molecule has 19 heavy (non-hydrogen) atoms. The van der Waals surface area contributed by atoms with Gasteiger partial charge in [0.25, 0.3) is 0 Å². The zero-order valence-corrected chi connectivity index (χ0v) is 12.5. The zero-order valence-electron chi connectivity index (χ0n) is 11.6. The number of fused-ring (bicyclic) bond motifs is 1. The summed E-state index contributed by atoms with van der Waals surface area (Å²) < 4.78 is 1.21. The van der Waals surface area contributed by atoms with Crippen molar-refractivity contribution in [2.24, 2.45) is 5.92 Å². The van der Waals surface area contributed by atoms with E-state index in [1.807, 2.05) is 0 Å². The van der Waals surface area contributed by atoms with Crippen LogP contribution < -0.4 is 5.32 Å². The summed E-state index contributed by atoms with van der Waals surface area (Å²) >= 11 is 1.75. The third-order valence-corrected chi connectivity index (χ3v) is 5.38. The highest BCUT2D eigenvalue weighted by atomic mass is 32.1. The Morgan fingerprint density at radius 3 is 3.00 bits per heavy atom. The third-order valence-electron chi connectivity index (χ3n) is 4.29. The van der Waals surface area contributed by atoms with Crippen molar-refractivity contribution in [1.82, 2.24) is 9.97 Å². The number of anilines is 1. The molecule has 0 aliphatic heterocycles. The minimum atomic E-state index is 0.583. The van der Waals surface area contributed by atoms with Crippen LogP contribution in [0.15, 0.2) is 11.7 Å². The number of thiophene rings is 1. The van der Waals surface area contributed by atoms with Crippen LogP contribution in [0, 0.1) is 12.8 Å². The molecule has 0 aromatic carbocycles. The Balaban J connectivity index is 1.88. The van der Waals surface area contributed by atoms with Crippen LogP contribution in [0.5, 0.6) is 0 Å². The normalized spacial score (nSPS) is 23.7. The summed E-state index contributed by atoms with van der Waals surface area (Å²) in [6.45, 7) is 4.42. The highest BCUT2D eigenvalue weighted by Crippen LogP contribution is 2.33. The van der Waals surface area contributed by atoms with Crippen LogP contribution in [0.2, 0.25) is 0 Å². The lowest BCUT2D eigenvalue weighted by Gasteiger charge is -2.31. The Morgan fingerprint density at radius 1 is 1.32 bits per heavy atom. The van der Waals surface area contributed by atoms with Gasteiger partial charge in [-0.1, -0.05) is 26.2 Å². The first-order valence-electron chi connectivity index (χ1n) is 7.25. The topological polar surface area (TPSA) is 37.8 Å². The van der Waals surface area contributed by atoms with E-state index >= 15 is 0 Å². The molecule has 1 saturated carbocycles. The molecule has 0 amide bonds. The second-order valence-corrected chi connectivity index (χ2v) is 6.40. The summed E-state index contributed by atoms with van der Waals surface area (Å²) in [5.41, 5.74) is 2.35. The first-order chi connectivity index (χ1) is 9.29. The quantitative estimate of drug-likeness (QED) is 0.903. The lowest BCUT2D eigenvalue weighted by atomic mass is 9.83. The van der Waals surface area contributed by atoms with Gasteiger partial charge >= 0.3 is 0 Å². The van der Waals surface area contributed by atoms with E-state index in [0.717, 1.165) is 17.3 Å². The molecular weight excluding hydrogens is 254 g/mol. The van der Waals surface area contributed by atoms with E-state index in [9.17, 15) is 0 Å². The van der Waals surface area contributed by atoms with Crippen molar-refractivity contribution in [3.63, 3.8) is 0 Å². The van der Waals surface area contributed by atoms with Gasteiger partial charge in [0, 0.05) is 6.04 Å². The maximum absolute atomic E-state index is 4.47.